The number of carbonyl (C=O) groups is 1. The summed E-state index contributed by atoms with van der Waals surface area (Å²) in [5.74, 6) is -0.273. The molecule has 0 saturated carbocycles. The molecule has 78 valence electrons. The van der Waals surface area contributed by atoms with Gasteiger partial charge < -0.3 is 4.74 Å². The van der Waals surface area contributed by atoms with E-state index in [9.17, 15) is 4.79 Å². The zero-order chi connectivity index (χ0) is 11.0. The van der Waals surface area contributed by atoms with E-state index >= 15 is 0 Å². The van der Waals surface area contributed by atoms with Gasteiger partial charge in [-0.1, -0.05) is 13.8 Å². The molecule has 0 aliphatic carbocycles. The van der Waals surface area contributed by atoms with Crippen LogP contribution in [0.25, 0.3) is 0 Å². The second kappa shape index (κ2) is 7.50. The van der Waals surface area contributed by atoms with Gasteiger partial charge in [-0.2, -0.15) is 0 Å². The molecule has 0 radical (unpaired) electrons. The van der Waals surface area contributed by atoms with Crippen LogP contribution < -0.4 is 0 Å². The van der Waals surface area contributed by atoms with Gasteiger partial charge in [0.15, 0.2) is 0 Å². The lowest BCUT2D eigenvalue weighted by atomic mass is 10.3. The largest absolute Gasteiger partial charge is 0.469 e. The molecule has 0 saturated heterocycles. The van der Waals surface area contributed by atoms with Crippen molar-refractivity contribution in [3.05, 3.63) is 28.5 Å². The summed E-state index contributed by atoms with van der Waals surface area (Å²) in [6.45, 7) is 4.00. The minimum Gasteiger partial charge on any atom is -0.469 e. The van der Waals surface area contributed by atoms with Gasteiger partial charge in [0.2, 0.25) is 0 Å². The molecule has 3 nitrogen and oxygen atoms in total. The second-order valence-corrected chi connectivity index (χ2v) is 3.14. The van der Waals surface area contributed by atoms with E-state index in [1.54, 1.807) is 12.3 Å². The van der Waals surface area contributed by atoms with Crippen LogP contribution in [0, 0.1) is 0 Å². The molecule has 1 aromatic rings. The Hall–Kier alpha value is -0.900. The van der Waals surface area contributed by atoms with Crippen LogP contribution in [-0.2, 0) is 16.0 Å². The van der Waals surface area contributed by atoms with E-state index in [1.165, 1.54) is 7.11 Å². The normalized spacial score (nSPS) is 8.57. The van der Waals surface area contributed by atoms with E-state index in [2.05, 4.69) is 25.7 Å². The first-order valence-corrected chi connectivity index (χ1v) is 5.19. The number of carbonyl (C=O) groups excluding carboxylic acids is 1. The highest BCUT2D eigenvalue weighted by Crippen LogP contribution is 2.07. The molecule has 0 unspecified atom stereocenters. The topological polar surface area (TPSA) is 39.2 Å². The fourth-order valence-electron chi connectivity index (χ4n) is 0.731. The van der Waals surface area contributed by atoms with Crippen LogP contribution in [0.2, 0.25) is 0 Å². The quantitative estimate of drug-likeness (QED) is 0.767. The van der Waals surface area contributed by atoms with Gasteiger partial charge in [-0.05, 0) is 28.1 Å². The number of esters is 1. The van der Waals surface area contributed by atoms with Crippen LogP contribution in [0.3, 0.4) is 0 Å². The molecule has 0 aromatic carbocycles. The van der Waals surface area contributed by atoms with Gasteiger partial charge in [0.1, 0.15) is 0 Å². The molecule has 0 atom stereocenters. The minimum absolute atomic E-state index is 0.226. The Balaban J connectivity index is 0.000000791. The Morgan fingerprint density at radius 1 is 1.50 bits per heavy atom. The maximum atomic E-state index is 10.8. The van der Waals surface area contributed by atoms with Gasteiger partial charge in [0, 0.05) is 10.7 Å². The molecule has 14 heavy (non-hydrogen) atoms. The van der Waals surface area contributed by atoms with Gasteiger partial charge in [-0.25, -0.2) is 0 Å². The molecule has 0 aliphatic rings. The SMILES string of the molecule is CC.COC(=O)Cc1ccc(Br)cn1. The Morgan fingerprint density at radius 2 is 2.14 bits per heavy atom. The summed E-state index contributed by atoms with van der Waals surface area (Å²) in [5.41, 5.74) is 0.713. The predicted octanol–water partition coefficient (Wildman–Crippen LogP) is 2.59. The smallest absolute Gasteiger partial charge is 0.311 e. The van der Waals surface area contributed by atoms with Crippen molar-refractivity contribution in [2.45, 2.75) is 20.3 Å². The zero-order valence-corrected chi connectivity index (χ0v) is 10.2. The van der Waals surface area contributed by atoms with Crippen molar-refractivity contribution in [3.8, 4) is 0 Å². The summed E-state index contributed by atoms with van der Waals surface area (Å²) in [6.07, 6.45) is 1.88. The number of methoxy groups -OCH3 is 1. The lowest BCUT2D eigenvalue weighted by molar-refractivity contribution is -0.139. The fourth-order valence-corrected chi connectivity index (χ4v) is 0.966. The van der Waals surface area contributed by atoms with Gasteiger partial charge >= 0.3 is 5.97 Å². The van der Waals surface area contributed by atoms with Crippen molar-refractivity contribution < 1.29 is 9.53 Å². The predicted molar refractivity (Wildman–Crippen MR) is 59.0 cm³/mol. The highest BCUT2D eigenvalue weighted by Gasteiger charge is 2.02. The molecular weight excluding hydrogens is 246 g/mol. The fraction of sp³-hybridized carbons (Fsp3) is 0.400. The summed E-state index contributed by atoms with van der Waals surface area (Å²) >= 11 is 3.25. The van der Waals surface area contributed by atoms with E-state index in [1.807, 2.05) is 19.9 Å². The van der Waals surface area contributed by atoms with Crippen LogP contribution in [0.15, 0.2) is 22.8 Å². The highest BCUT2D eigenvalue weighted by atomic mass is 79.9. The van der Waals surface area contributed by atoms with Crippen molar-refractivity contribution in [2.24, 2.45) is 0 Å². The van der Waals surface area contributed by atoms with Crippen LogP contribution in [0.4, 0.5) is 0 Å². The molecule has 1 rings (SSSR count). The van der Waals surface area contributed by atoms with Gasteiger partial charge in [0.25, 0.3) is 0 Å². The summed E-state index contributed by atoms with van der Waals surface area (Å²) in [4.78, 5) is 14.8. The Kier molecular flexibility index (Phi) is 7.02. The maximum absolute atomic E-state index is 10.8. The van der Waals surface area contributed by atoms with E-state index in [0.717, 1.165) is 4.47 Å². The van der Waals surface area contributed by atoms with Crippen molar-refractivity contribution in [3.63, 3.8) is 0 Å². The van der Waals surface area contributed by atoms with Crippen molar-refractivity contribution in [1.29, 1.82) is 0 Å². The Morgan fingerprint density at radius 3 is 2.57 bits per heavy atom. The lowest BCUT2D eigenvalue weighted by Gasteiger charge is -1.98. The molecule has 0 aliphatic heterocycles. The summed E-state index contributed by atoms with van der Waals surface area (Å²) in [7, 11) is 1.36. The van der Waals surface area contributed by atoms with E-state index in [4.69, 9.17) is 0 Å². The molecule has 0 amide bonds. The van der Waals surface area contributed by atoms with Crippen LogP contribution in [0.5, 0.6) is 0 Å². The number of nitrogens with zero attached hydrogens (tertiary/aromatic N) is 1. The average molecular weight is 260 g/mol. The second-order valence-electron chi connectivity index (χ2n) is 2.22. The molecular formula is C10H14BrNO2. The summed E-state index contributed by atoms with van der Waals surface area (Å²) in [6, 6.07) is 3.62. The summed E-state index contributed by atoms with van der Waals surface area (Å²) < 4.78 is 5.39. The monoisotopic (exact) mass is 259 g/mol. The first-order chi connectivity index (χ1) is 6.72. The molecule has 0 fully saturated rings. The maximum Gasteiger partial charge on any atom is 0.311 e. The third-order valence-electron chi connectivity index (χ3n) is 1.34. The Bertz CT molecular complexity index is 272. The van der Waals surface area contributed by atoms with Gasteiger partial charge in [0.05, 0.1) is 19.2 Å². The number of hydrogen-bond donors (Lipinski definition) is 0. The number of hydrogen-bond acceptors (Lipinski definition) is 3. The minimum atomic E-state index is -0.273. The van der Waals surface area contributed by atoms with Crippen LogP contribution in [0.1, 0.15) is 19.5 Å². The van der Waals surface area contributed by atoms with E-state index in [-0.39, 0.29) is 12.4 Å². The molecule has 1 heterocycles. The third-order valence-corrected chi connectivity index (χ3v) is 1.81. The van der Waals surface area contributed by atoms with Crippen molar-refractivity contribution >= 4 is 21.9 Å². The van der Waals surface area contributed by atoms with Gasteiger partial charge in [-0.15, -0.1) is 0 Å². The first kappa shape index (κ1) is 13.1. The number of halogens is 1. The van der Waals surface area contributed by atoms with Gasteiger partial charge in [-0.3, -0.25) is 9.78 Å². The molecule has 0 bridgehead atoms. The average Bonchev–Trinajstić information content (AvgIpc) is 2.24. The standard InChI is InChI=1S/C8H8BrNO2.C2H6/c1-12-8(11)4-7-3-2-6(9)5-10-7;1-2/h2-3,5H,4H2,1H3;1-2H3. The number of pyridine rings is 1. The molecule has 0 spiro atoms. The number of ether oxygens (including phenoxy) is 1. The Labute approximate surface area is 92.6 Å². The third kappa shape index (κ3) is 4.97. The lowest BCUT2D eigenvalue weighted by Crippen LogP contribution is -2.05. The van der Waals surface area contributed by atoms with Crippen molar-refractivity contribution in [2.75, 3.05) is 7.11 Å². The van der Waals surface area contributed by atoms with Crippen LogP contribution in [-0.4, -0.2) is 18.1 Å². The van der Waals surface area contributed by atoms with Crippen LogP contribution >= 0.6 is 15.9 Å². The van der Waals surface area contributed by atoms with E-state index < -0.39 is 0 Å². The van der Waals surface area contributed by atoms with E-state index in [0.29, 0.717) is 5.69 Å². The number of rotatable bonds is 2. The first-order valence-electron chi connectivity index (χ1n) is 4.39. The molecule has 0 N–H and O–H groups in total. The van der Waals surface area contributed by atoms with Crippen molar-refractivity contribution in [1.82, 2.24) is 4.98 Å². The summed E-state index contributed by atoms with van der Waals surface area (Å²) in [5, 5.41) is 0. The highest BCUT2D eigenvalue weighted by molar-refractivity contribution is 9.10. The molecule has 1 aromatic heterocycles. The zero-order valence-electron chi connectivity index (χ0n) is 8.58. The number of aromatic nitrogens is 1. The molecule has 4 heteroatoms.